The van der Waals surface area contributed by atoms with E-state index in [0.29, 0.717) is 13.0 Å². The van der Waals surface area contributed by atoms with Gasteiger partial charge in [-0.15, -0.1) is 0 Å². The largest absolute Gasteiger partial charge is 0.611 e. The first-order valence-corrected chi connectivity index (χ1v) is 7.15. The zero-order valence-electron chi connectivity index (χ0n) is 9.94. The predicted octanol–water partition coefficient (Wildman–Crippen LogP) is 1.77. The van der Waals surface area contributed by atoms with Gasteiger partial charge in [0.1, 0.15) is 0 Å². The lowest BCUT2D eigenvalue weighted by molar-refractivity contribution is -0.120. The first-order chi connectivity index (χ1) is 8.18. The molecule has 0 spiro atoms. The van der Waals surface area contributed by atoms with E-state index in [2.05, 4.69) is 5.32 Å². The molecule has 1 aromatic carbocycles. The maximum atomic E-state index is 12.3. The van der Waals surface area contributed by atoms with Crippen LogP contribution in [0.5, 0.6) is 0 Å². The fraction of sp³-hybridized carbons (Fsp3) is 0.462. The summed E-state index contributed by atoms with van der Waals surface area (Å²) in [5.41, 5.74) is 1.14. The predicted molar refractivity (Wildman–Crippen MR) is 68.2 cm³/mol. The Morgan fingerprint density at radius 2 is 2.00 bits per heavy atom. The number of benzene rings is 1. The summed E-state index contributed by atoms with van der Waals surface area (Å²) in [6.07, 6.45) is 2.65. The Balaban J connectivity index is 2.14. The first kappa shape index (κ1) is 12.5. The molecule has 0 radical (unpaired) electrons. The second-order valence-corrected chi connectivity index (χ2v) is 6.02. The smallest absolute Gasteiger partial charge is 0.273 e. The number of aryl methyl sites for hydroxylation is 1. The molecule has 17 heavy (non-hydrogen) atoms. The third kappa shape index (κ3) is 3.01. The summed E-state index contributed by atoms with van der Waals surface area (Å²) in [4.78, 5) is 12.5. The molecule has 2 unspecified atom stereocenters. The van der Waals surface area contributed by atoms with E-state index >= 15 is 0 Å². The zero-order valence-corrected chi connectivity index (χ0v) is 10.8. The van der Waals surface area contributed by atoms with Crippen molar-refractivity contribution in [2.75, 3.05) is 6.54 Å². The van der Waals surface area contributed by atoms with E-state index in [0.717, 1.165) is 23.3 Å². The van der Waals surface area contributed by atoms with Gasteiger partial charge in [0.15, 0.2) is 10.1 Å². The van der Waals surface area contributed by atoms with E-state index < -0.39 is 11.2 Å². The highest BCUT2D eigenvalue weighted by Crippen LogP contribution is 2.22. The Morgan fingerprint density at radius 3 is 2.71 bits per heavy atom. The standard InChI is InChI=1S/C13H17NO2S/c1-10-5-7-11(8-6-10)17(16)12-4-2-3-9-14-13(12)15/h5-8,12H,2-4,9H2,1H3,(H,14,15). The molecule has 0 saturated carbocycles. The second-order valence-electron chi connectivity index (χ2n) is 4.39. The second kappa shape index (κ2) is 5.56. The van der Waals surface area contributed by atoms with Gasteiger partial charge in [0.25, 0.3) is 5.91 Å². The van der Waals surface area contributed by atoms with Gasteiger partial charge >= 0.3 is 0 Å². The molecule has 0 aliphatic carbocycles. The molecule has 1 aromatic rings. The molecule has 2 atom stereocenters. The average molecular weight is 251 g/mol. The minimum Gasteiger partial charge on any atom is -0.611 e. The Kier molecular flexibility index (Phi) is 4.07. The van der Waals surface area contributed by atoms with Gasteiger partial charge in [0, 0.05) is 13.0 Å². The Morgan fingerprint density at radius 1 is 1.29 bits per heavy atom. The average Bonchev–Trinajstić information content (AvgIpc) is 2.54. The molecule has 2 rings (SSSR count). The van der Waals surface area contributed by atoms with Crippen LogP contribution in [0.2, 0.25) is 0 Å². The van der Waals surface area contributed by atoms with Crippen LogP contribution in [0.4, 0.5) is 0 Å². The normalized spacial score (nSPS) is 22.7. The van der Waals surface area contributed by atoms with Crippen molar-refractivity contribution < 1.29 is 9.35 Å². The van der Waals surface area contributed by atoms with Crippen LogP contribution in [-0.4, -0.2) is 22.3 Å². The third-order valence-electron chi connectivity index (χ3n) is 3.00. The quantitative estimate of drug-likeness (QED) is 0.814. The summed E-state index contributed by atoms with van der Waals surface area (Å²) in [6, 6.07) is 7.57. The Labute approximate surface area is 105 Å². The number of carbonyl (C=O) groups excluding carboxylic acids is 1. The summed E-state index contributed by atoms with van der Waals surface area (Å²) in [5, 5.41) is 2.44. The molecule has 0 aromatic heterocycles. The number of carbonyl (C=O) groups is 1. The van der Waals surface area contributed by atoms with Gasteiger partial charge in [-0.1, -0.05) is 17.7 Å². The monoisotopic (exact) mass is 251 g/mol. The number of amides is 1. The zero-order chi connectivity index (χ0) is 12.3. The van der Waals surface area contributed by atoms with Crippen LogP contribution in [0.3, 0.4) is 0 Å². The number of hydrogen-bond donors (Lipinski definition) is 1. The van der Waals surface area contributed by atoms with Crippen LogP contribution >= 0.6 is 0 Å². The molecule has 3 nitrogen and oxygen atoms in total. The molecule has 4 heteroatoms. The van der Waals surface area contributed by atoms with Crippen LogP contribution in [0.25, 0.3) is 0 Å². The lowest BCUT2D eigenvalue weighted by atomic mass is 10.2. The highest BCUT2D eigenvalue weighted by molar-refractivity contribution is 7.92. The molecule has 1 N–H and O–H groups in total. The van der Waals surface area contributed by atoms with Gasteiger partial charge in [-0.2, -0.15) is 0 Å². The van der Waals surface area contributed by atoms with Crippen LogP contribution < -0.4 is 5.32 Å². The molecular formula is C13H17NO2S. The molecule has 1 saturated heterocycles. The third-order valence-corrected chi connectivity index (χ3v) is 4.70. The van der Waals surface area contributed by atoms with Gasteiger partial charge in [-0.25, -0.2) is 0 Å². The molecule has 1 aliphatic rings. The summed E-state index contributed by atoms with van der Waals surface area (Å²) in [5.74, 6) is -0.0681. The van der Waals surface area contributed by atoms with E-state index in [-0.39, 0.29) is 11.2 Å². The minimum atomic E-state index is -1.23. The van der Waals surface area contributed by atoms with Crippen molar-refractivity contribution in [3.8, 4) is 0 Å². The van der Waals surface area contributed by atoms with Gasteiger partial charge in [-0.05, 0) is 43.1 Å². The maximum Gasteiger partial charge on any atom is 0.273 e. The molecular weight excluding hydrogens is 234 g/mol. The summed E-state index contributed by atoms with van der Waals surface area (Å²) in [6.45, 7) is 2.70. The molecule has 1 aliphatic heterocycles. The summed E-state index contributed by atoms with van der Waals surface area (Å²) >= 11 is -1.23. The van der Waals surface area contributed by atoms with Crippen LogP contribution in [0.15, 0.2) is 29.2 Å². The first-order valence-electron chi connectivity index (χ1n) is 5.93. The number of rotatable bonds is 2. The van der Waals surface area contributed by atoms with Gasteiger partial charge in [0.05, 0.1) is 0 Å². The summed E-state index contributed by atoms with van der Waals surface area (Å²) < 4.78 is 12.3. The van der Waals surface area contributed by atoms with E-state index in [9.17, 15) is 9.35 Å². The fourth-order valence-corrected chi connectivity index (χ4v) is 3.34. The van der Waals surface area contributed by atoms with Crippen molar-refractivity contribution in [2.24, 2.45) is 0 Å². The maximum absolute atomic E-state index is 12.3. The van der Waals surface area contributed by atoms with E-state index in [1.54, 1.807) is 0 Å². The topological polar surface area (TPSA) is 52.2 Å². The van der Waals surface area contributed by atoms with Gasteiger partial charge in [0.2, 0.25) is 0 Å². The fourth-order valence-electron chi connectivity index (χ4n) is 1.95. The molecule has 1 fully saturated rings. The van der Waals surface area contributed by atoms with Crippen molar-refractivity contribution in [3.05, 3.63) is 29.8 Å². The highest BCUT2D eigenvalue weighted by atomic mass is 32.2. The Hall–Kier alpha value is -1.00. The van der Waals surface area contributed by atoms with E-state index in [1.807, 2.05) is 31.2 Å². The SMILES string of the molecule is Cc1ccc([S+]([O-])C2CCCCNC2=O)cc1. The molecule has 92 valence electrons. The van der Waals surface area contributed by atoms with Crippen molar-refractivity contribution in [3.63, 3.8) is 0 Å². The van der Waals surface area contributed by atoms with Crippen molar-refractivity contribution in [1.82, 2.24) is 5.32 Å². The lowest BCUT2D eigenvalue weighted by Gasteiger charge is -2.18. The van der Waals surface area contributed by atoms with E-state index in [1.165, 1.54) is 0 Å². The number of nitrogens with one attached hydrogen (secondary N) is 1. The van der Waals surface area contributed by atoms with Gasteiger partial charge < -0.3 is 9.87 Å². The van der Waals surface area contributed by atoms with E-state index in [4.69, 9.17) is 0 Å². The lowest BCUT2D eigenvalue weighted by Crippen LogP contribution is -2.38. The minimum absolute atomic E-state index is 0.0681. The molecule has 0 bridgehead atoms. The van der Waals surface area contributed by atoms with Crippen LogP contribution in [-0.2, 0) is 16.0 Å². The molecule has 1 amide bonds. The molecule has 1 heterocycles. The Bertz CT molecular complexity index is 391. The van der Waals surface area contributed by atoms with Crippen molar-refractivity contribution in [2.45, 2.75) is 36.3 Å². The van der Waals surface area contributed by atoms with Crippen LogP contribution in [0, 0.1) is 6.92 Å². The highest BCUT2D eigenvalue weighted by Gasteiger charge is 2.32. The van der Waals surface area contributed by atoms with Crippen molar-refractivity contribution in [1.29, 1.82) is 0 Å². The van der Waals surface area contributed by atoms with Crippen molar-refractivity contribution >= 4 is 17.1 Å². The van der Waals surface area contributed by atoms with Gasteiger partial charge in [-0.3, -0.25) is 4.79 Å². The number of hydrogen-bond acceptors (Lipinski definition) is 2. The summed E-state index contributed by atoms with van der Waals surface area (Å²) in [7, 11) is 0. The van der Waals surface area contributed by atoms with Crippen LogP contribution in [0.1, 0.15) is 24.8 Å².